The summed E-state index contributed by atoms with van der Waals surface area (Å²) in [6.07, 6.45) is 1.55. The van der Waals surface area contributed by atoms with Crippen LogP contribution in [0.2, 0.25) is 0 Å². The monoisotopic (exact) mass is 228 g/mol. The molecule has 5 nitrogen and oxygen atoms in total. The highest BCUT2D eigenvalue weighted by Gasteiger charge is 2.19. The highest BCUT2D eigenvalue weighted by atomic mass is 16.5. The van der Waals surface area contributed by atoms with Crippen LogP contribution in [-0.2, 0) is 14.3 Å². The zero-order chi connectivity index (χ0) is 11.2. The SMILES string of the molecule is O=C(CC1CNCCO1)NCC1CCOC1. The molecular formula is C11H20N2O3. The maximum absolute atomic E-state index is 11.6. The molecule has 0 saturated carbocycles. The summed E-state index contributed by atoms with van der Waals surface area (Å²) in [5, 5.41) is 6.16. The quantitative estimate of drug-likeness (QED) is 0.682. The van der Waals surface area contributed by atoms with Gasteiger partial charge in [0.15, 0.2) is 0 Å². The first kappa shape index (κ1) is 11.8. The number of rotatable bonds is 4. The van der Waals surface area contributed by atoms with Crippen molar-refractivity contribution in [2.45, 2.75) is 18.9 Å². The van der Waals surface area contributed by atoms with Gasteiger partial charge in [-0.25, -0.2) is 0 Å². The fourth-order valence-corrected chi connectivity index (χ4v) is 2.03. The molecule has 0 aromatic heterocycles. The van der Waals surface area contributed by atoms with Gasteiger partial charge < -0.3 is 20.1 Å². The van der Waals surface area contributed by atoms with Crippen LogP contribution in [0.25, 0.3) is 0 Å². The Morgan fingerprint density at radius 2 is 2.38 bits per heavy atom. The molecule has 2 rings (SSSR count). The van der Waals surface area contributed by atoms with Crippen molar-refractivity contribution in [3.63, 3.8) is 0 Å². The largest absolute Gasteiger partial charge is 0.381 e. The van der Waals surface area contributed by atoms with Gasteiger partial charge in [-0.05, 0) is 6.42 Å². The third-order valence-electron chi connectivity index (χ3n) is 3.03. The van der Waals surface area contributed by atoms with Crippen LogP contribution in [0.15, 0.2) is 0 Å². The Bertz CT molecular complexity index is 223. The Hall–Kier alpha value is -0.650. The van der Waals surface area contributed by atoms with E-state index in [0.717, 1.165) is 39.3 Å². The van der Waals surface area contributed by atoms with Crippen LogP contribution in [0.4, 0.5) is 0 Å². The molecule has 0 aromatic rings. The summed E-state index contributed by atoms with van der Waals surface area (Å²) in [4.78, 5) is 11.6. The lowest BCUT2D eigenvalue weighted by molar-refractivity contribution is -0.124. The van der Waals surface area contributed by atoms with Gasteiger partial charge in [-0.15, -0.1) is 0 Å². The van der Waals surface area contributed by atoms with Crippen molar-refractivity contribution < 1.29 is 14.3 Å². The van der Waals surface area contributed by atoms with Gasteiger partial charge >= 0.3 is 0 Å². The molecule has 0 radical (unpaired) electrons. The Morgan fingerprint density at radius 1 is 1.44 bits per heavy atom. The Balaban J connectivity index is 1.59. The summed E-state index contributed by atoms with van der Waals surface area (Å²) in [5.41, 5.74) is 0. The molecule has 2 unspecified atom stereocenters. The number of carbonyl (C=O) groups is 1. The highest BCUT2D eigenvalue weighted by Crippen LogP contribution is 2.10. The summed E-state index contributed by atoms with van der Waals surface area (Å²) in [5.74, 6) is 0.579. The number of amides is 1. The average Bonchev–Trinajstić information content (AvgIpc) is 2.81. The van der Waals surface area contributed by atoms with Crippen LogP contribution in [-0.4, -0.2) is 51.5 Å². The van der Waals surface area contributed by atoms with E-state index < -0.39 is 0 Å². The first-order valence-corrected chi connectivity index (χ1v) is 6.01. The topological polar surface area (TPSA) is 59.6 Å². The van der Waals surface area contributed by atoms with Gasteiger partial charge in [-0.3, -0.25) is 4.79 Å². The van der Waals surface area contributed by atoms with Gasteiger partial charge in [0.2, 0.25) is 5.91 Å². The molecule has 2 atom stereocenters. The number of morpholine rings is 1. The van der Waals surface area contributed by atoms with Gasteiger partial charge in [-0.2, -0.15) is 0 Å². The number of carbonyl (C=O) groups excluding carboxylic acids is 1. The van der Waals surface area contributed by atoms with E-state index in [-0.39, 0.29) is 12.0 Å². The molecule has 2 saturated heterocycles. The van der Waals surface area contributed by atoms with Crippen LogP contribution in [0, 0.1) is 5.92 Å². The standard InChI is InChI=1S/C11H20N2O3/c14-11(5-10-7-12-2-4-16-10)13-6-9-1-3-15-8-9/h9-10,12H,1-8H2,(H,13,14). The minimum Gasteiger partial charge on any atom is -0.381 e. The van der Waals surface area contributed by atoms with Crippen LogP contribution >= 0.6 is 0 Å². The van der Waals surface area contributed by atoms with Crippen molar-refractivity contribution in [1.29, 1.82) is 0 Å². The fraction of sp³-hybridized carbons (Fsp3) is 0.909. The van der Waals surface area contributed by atoms with Crippen molar-refractivity contribution in [3.8, 4) is 0 Å². The van der Waals surface area contributed by atoms with Crippen molar-refractivity contribution in [2.24, 2.45) is 5.92 Å². The zero-order valence-corrected chi connectivity index (χ0v) is 9.54. The number of ether oxygens (including phenoxy) is 2. The third kappa shape index (κ3) is 3.73. The van der Waals surface area contributed by atoms with Crippen molar-refractivity contribution >= 4 is 5.91 Å². The summed E-state index contributed by atoms with van der Waals surface area (Å²) < 4.78 is 10.7. The maximum Gasteiger partial charge on any atom is 0.222 e. The molecule has 0 spiro atoms. The van der Waals surface area contributed by atoms with Crippen LogP contribution in [0.3, 0.4) is 0 Å². The minimum atomic E-state index is 0.0357. The number of hydrogen-bond donors (Lipinski definition) is 2. The second-order valence-corrected chi connectivity index (χ2v) is 4.43. The van der Waals surface area contributed by atoms with E-state index in [0.29, 0.717) is 18.9 Å². The highest BCUT2D eigenvalue weighted by molar-refractivity contribution is 5.76. The molecule has 1 amide bonds. The molecule has 0 bridgehead atoms. The van der Waals surface area contributed by atoms with Crippen molar-refractivity contribution in [2.75, 3.05) is 39.5 Å². The molecule has 2 aliphatic heterocycles. The predicted molar refractivity (Wildman–Crippen MR) is 59.2 cm³/mol. The Morgan fingerprint density at radius 3 is 3.06 bits per heavy atom. The van der Waals surface area contributed by atoms with E-state index in [2.05, 4.69) is 10.6 Å². The second-order valence-electron chi connectivity index (χ2n) is 4.43. The van der Waals surface area contributed by atoms with Gasteiger partial charge in [-0.1, -0.05) is 0 Å². The van der Waals surface area contributed by atoms with Gasteiger partial charge in [0.1, 0.15) is 0 Å². The van der Waals surface area contributed by atoms with Gasteiger partial charge in [0, 0.05) is 32.2 Å². The van der Waals surface area contributed by atoms with E-state index in [1.807, 2.05) is 0 Å². The predicted octanol–water partition coefficient (Wildman–Crippen LogP) is -0.482. The van der Waals surface area contributed by atoms with Crippen LogP contribution in [0.5, 0.6) is 0 Å². The lowest BCUT2D eigenvalue weighted by Crippen LogP contribution is -2.42. The molecule has 5 heteroatoms. The van der Waals surface area contributed by atoms with E-state index in [9.17, 15) is 4.79 Å². The number of hydrogen-bond acceptors (Lipinski definition) is 4. The average molecular weight is 228 g/mol. The van der Waals surface area contributed by atoms with Crippen molar-refractivity contribution in [3.05, 3.63) is 0 Å². The number of nitrogens with one attached hydrogen (secondary N) is 2. The molecule has 92 valence electrons. The van der Waals surface area contributed by atoms with E-state index in [4.69, 9.17) is 9.47 Å². The van der Waals surface area contributed by atoms with Gasteiger partial charge in [0.25, 0.3) is 0 Å². The molecule has 2 N–H and O–H groups in total. The Labute approximate surface area is 95.9 Å². The lowest BCUT2D eigenvalue weighted by Gasteiger charge is -2.23. The third-order valence-corrected chi connectivity index (χ3v) is 3.03. The molecule has 2 fully saturated rings. The molecule has 0 aromatic carbocycles. The molecular weight excluding hydrogens is 208 g/mol. The first-order chi connectivity index (χ1) is 7.84. The fourth-order valence-electron chi connectivity index (χ4n) is 2.03. The summed E-state index contributed by atoms with van der Waals surface area (Å²) >= 11 is 0. The van der Waals surface area contributed by atoms with Crippen molar-refractivity contribution in [1.82, 2.24) is 10.6 Å². The normalized spacial score (nSPS) is 30.2. The van der Waals surface area contributed by atoms with Crippen LogP contribution < -0.4 is 10.6 Å². The molecule has 2 heterocycles. The first-order valence-electron chi connectivity index (χ1n) is 6.01. The second kappa shape index (κ2) is 6.18. The summed E-state index contributed by atoms with van der Waals surface area (Å²) in [6.45, 7) is 4.71. The maximum atomic E-state index is 11.6. The Kier molecular flexibility index (Phi) is 4.56. The molecule has 0 aliphatic carbocycles. The van der Waals surface area contributed by atoms with Gasteiger partial charge in [0.05, 0.1) is 25.7 Å². The molecule has 16 heavy (non-hydrogen) atoms. The zero-order valence-electron chi connectivity index (χ0n) is 9.54. The van der Waals surface area contributed by atoms with E-state index in [1.165, 1.54) is 0 Å². The minimum absolute atomic E-state index is 0.0357. The van der Waals surface area contributed by atoms with Crippen LogP contribution in [0.1, 0.15) is 12.8 Å². The summed E-state index contributed by atoms with van der Waals surface area (Å²) in [7, 11) is 0. The summed E-state index contributed by atoms with van der Waals surface area (Å²) in [6, 6.07) is 0. The molecule has 2 aliphatic rings. The smallest absolute Gasteiger partial charge is 0.222 e. The van der Waals surface area contributed by atoms with E-state index >= 15 is 0 Å². The lowest BCUT2D eigenvalue weighted by atomic mass is 10.1. The van der Waals surface area contributed by atoms with E-state index in [1.54, 1.807) is 0 Å².